The number of benzene rings is 2. The van der Waals surface area contributed by atoms with Gasteiger partial charge in [0.05, 0.1) is 6.61 Å². The Morgan fingerprint density at radius 3 is 2.26 bits per heavy atom. The number of ether oxygens (including phenoxy) is 1. The number of alkyl halides is 2. The van der Waals surface area contributed by atoms with Gasteiger partial charge < -0.3 is 9.84 Å². The molecule has 0 aliphatic carbocycles. The van der Waals surface area contributed by atoms with Crippen LogP contribution >= 0.6 is 0 Å². The third-order valence-corrected chi connectivity index (χ3v) is 2.84. The summed E-state index contributed by atoms with van der Waals surface area (Å²) < 4.78 is 29.1. The van der Waals surface area contributed by atoms with E-state index in [2.05, 4.69) is 4.74 Å². The van der Waals surface area contributed by atoms with Crippen LogP contribution in [-0.4, -0.2) is 11.7 Å². The van der Waals surface area contributed by atoms with Crippen molar-refractivity contribution < 1.29 is 18.6 Å². The standard InChI is InChI=1S/C15H14F2O2/c1-10-2-4-11(5-3-10)12-6-7-13(9-18)14(8-12)19-15(16)17/h2-8,15,18H,9H2,1H3. The van der Waals surface area contributed by atoms with Crippen LogP contribution in [0.5, 0.6) is 5.75 Å². The Hall–Kier alpha value is -1.94. The van der Waals surface area contributed by atoms with E-state index in [-0.39, 0.29) is 12.4 Å². The number of aliphatic hydroxyl groups excluding tert-OH is 1. The van der Waals surface area contributed by atoms with Gasteiger partial charge >= 0.3 is 6.61 Å². The van der Waals surface area contributed by atoms with E-state index in [1.54, 1.807) is 12.1 Å². The third-order valence-electron chi connectivity index (χ3n) is 2.84. The lowest BCUT2D eigenvalue weighted by molar-refractivity contribution is -0.0509. The Bertz CT molecular complexity index is 551. The molecule has 0 unspecified atom stereocenters. The van der Waals surface area contributed by atoms with Crippen molar-refractivity contribution in [1.82, 2.24) is 0 Å². The van der Waals surface area contributed by atoms with E-state index in [0.717, 1.165) is 16.7 Å². The smallest absolute Gasteiger partial charge is 0.387 e. The van der Waals surface area contributed by atoms with Crippen molar-refractivity contribution >= 4 is 0 Å². The molecule has 0 spiro atoms. The zero-order chi connectivity index (χ0) is 13.8. The lowest BCUT2D eigenvalue weighted by Gasteiger charge is -2.11. The van der Waals surface area contributed by atoms with Crippen LogP contribution in [0.4, 0.5) is 8.78 Å². The fourth-order valence-corrected chi connectivity index (χ4v) is 1.82. The van der Waals surface area contributed by atoms with Crippen molar-refractivity contribution in [2.45, 2.75) is 20.1 Å². The van der Waals surface area contributed by atoms with Crippen LogP contribution in [0.25, 0.3) is 11.1 Å². The summed E-state index contributed by atoms with van der Waals surface area (Å²) in [6, 6.07) is 12.6. The number of halogens is 2. The summed E-state index contributed by atoms with van der Waals surface area (Å²) in [6.07, 6.45) is 0. The normalized spacial score (nSPS) is 10.8. The highest BCUT2D eigenvalue weighted by atomic mass is 19.3. The number of aliphatic hydroxyl groups is 1. The van der Waals surface area contributed by atoms with Crippen molar-refractivity contribution in [2.24, 2.45) is 0 Å². The first kappa shape index (κ1) is 13.5. The Labute approximate surface area is 110 Å². The lowest BCUT2D eigenvalue weighted by Crippen LogP contribution is -2.04. The molecule has 0 saturated carbocycles. The molecular formula is C15H14F2O2. The Balaban J connectivity index is 2.39. The van der Waals surface area contributed by atoms with E-state index >= 15 is 0 Å². The molecule has 0 aliphatic rings. The van der Waals surface area contributed by atoms with Gasteiger partial charge in [-0.3, -0.25) is 0 Å². The zero-order valence-corrected chi connectivity index (χ0v) is 10.4. The van der Waals surface area contributed by atoms with Crippen LogP contribution in [0.1, 0.15) is 11.1 Å². The minimum Gasteiger partial charge on any atom is -0.434 e. The molecule has 2 rings (SSSR count). The summed E-state index contributed by atoms with van der Waals surface area (Å²) in [4.78, 5) is 0. The molecule has 2 aromatic carbocycles. The molecule has 0 bridgehead atoms. The second-order valence-electron chi connectivity index (χ2n) is 4.23. The Morgan fingerprint density at radius 1 is 1.05 bits per heavy atom. The van der Waals surface area contributed by atoms with Crippen LogP contribution in [0.15, 0.2) is 42.5 Å². The second-order valence-corrected chi connectivity index (χ2v) is 4.23. The summed E-state index contributed by atoms with van der Waals surface area (Å²) in [5.41, 5.74) is 3.15. The zero-order valence-electron chi connectivity index (χ0n) is 10.4. The van der Waals surface area contributed by atoms with Gasteiger partial charge in [0, 0.05) is 5.56 Å². The number of rotatable bonds is 4. The third kappa shape index (κ3) is 3.29. The molecule has 0 atom stereocenters. The molecule has 0 radical (unpaired) electrons. The molecule has 0 aromatic heterocycles. The average molecular weight is 264 g/mol. The predicted octanol–water partition coefficient (Wildman–Crippen LogP) is 3.76. The minimum atomic E-state index is -2.90. The van der Waals surface area contributed by atoms with Crippen LogP contribution in [0, 0.1) is 6.92 Å². The van der Waals surface area contributed by atoms with E-state index < -0.39 is 6.61 Å². The fourth-order valence-electron chi connectivity index (χ4n) is 1.82. The molecule has 2 nitrogen and oxygen atoms in total. The molecular weight excluding hydrogens is 250 g/mol. The van der Waals surface area contributed by atoms with Crippen molar-refractivity contribution in [3.63, 3.8) is 0 Å². The highest BCUT2D eigenvalue weighted by Gasteiger charge is 2.10. The first-order valence-electron chi connectivity index (χ1n) is 5.86. The number of aryl methyl sites for hydroxylation is 1. The van der Waals surface area contributed by atoms with Gasteiger partial charge in [-0.25, -0.2) is 0 Å². The minimum absolute atomic E-state index is 0.00979. The largest absolute Gasteiger partial charge is 0.434 e. The first-order valence-corrected chi connectivity index (χ1v) is 5.86. The van der Waals surface area contributed by atoms with Crippen molar-refractivity contribution in [3.05, 3.63) is 53.6 Å². The van der Waals surface area contributed by atoms with Gasteiger partial charge in [-0.15, -0.1) is 0 Å². The van der Waals surface area contributed by atoms with Gasteiger partial charge in [0.2, 0.25) is 0 Å². The molecule has 0 heterocycles. The number of hydrogen-bond acceptors (Lipinski definition) is 2. The van der Waals surface area contributed by atoms with Crippen molar-refractivity contribution in [3.8, 4) is 16.9 Å². The average Bonchev–Trinajstić information content (AvgIpc) is 2.39. The molecule has 0 fully saturated rings. The van der Waals surface area contributed by atoms with E-state index in [1.807, 2.05) is 31.2 Å². The SMILES string of the molecule is Cc1ccc(-c2ccc(CO)c(OC(F)F)c2)cc1. The molecule has 0 aliphatic heterocycles. The topological polar surface area (TPSA) is 29.5 Å². The Kier molecular flexibility index (Phi) is 4.12. The maximum absolute atomic E-state index is 12.3. The van der Waals surface area contributed by atoms with Gasteiger partial charge in [0.25, 0.3) is 0 Å². The van der Waals surface area contributed by atoms with Gasteiger partial charge in [0.1, 0.15) is 5.75 Å². The fraction of sp³-hybridized carbons (Fsp3) is 0.200. The molecule has 100 valence electrons. The maximum atomic E-state index is 12.3. The summed E-state index contributed by atoms with van der Waals surface area (Å²) in [6.45, 7) is -1.27. The monoisotopic (exact) mass is 264 g/mol. The Morgan fingerprint density at radius 2 is 1.68 bits per heavy atom. The van der Waals surface area contributed by atoms with Crippen LogP contribution < -0.4 is 4.74 Å². The van der Waals surface area contributed by atoms with E-state index in [0.29, 0.717) is 5.56 Å². The lowest BCUT2D eigenvalue weighted by atomic mass is 10.0. The van der Waals surface area contributed by atoms with Crippen molar-refractivity contribution in [2.75, 3.05) is 0 Å². The summed E-state index contributed by atoms with van der Waals surface area (Å²) in [7, 11) is 0. The van der Waals surface area contributed by atoms with Gasteiger partial charge in [0.15, 0.2) is 0 Å². The molecule has 2 aromatic rings. The van der Waals surface area contributed by atoms with E-state index in [9.17, 15) is 8.78 Å². The van der Waals surface area contributed by atoms with E-state index in [4.69, 9.17) is 5.11 Å². The summed E-state index contributed by atoms with van der Waals surface area (Å²) >= 11 is 0. The van der Waals surface area contributed by atoms with Crippen molar-refractivity contribution in [1.29, 1.82) is 0 Å². The molecule has 4 heteroatoms. The molecule has 1 N–H and O–H groups in total. The second kappa shape index (κ2) is 5.80. The first-order chi connectivity index (χ1) is 9.10. The predicted molar refractivity (Wildman–Crippen MR) is 69.2 cm³/mol. The summed E-state index contributed by atoms with van der Waals surface area (Å²) in [5.74, 6) is 0.00979. The van der Waals surface area contributed by atoms with Gasteiger partial charge in [-0.05, 0) is 24.1 Å². The molecule has 19 heavy (non-hydrogen) atoms. The highest BCUT2D eigenvalue weighted by molar-refractivity contribution is 5.66. The summed E-state index contributed by atoms with van der Waals surface area (Å²) in [5, 5.41) is 9.10. The van der Waals surface area contributed by atoms with Crippen LogP contribution in [0.2, 0.25) is 0 Å². The van der Waals surface area contributed by atoms with E-state index in [1.165, 1.54) is 6.07 Å². The van der Waals surface area contributed by atoms with Gasteiger partial charge in [-0.2, -0.15) is 8.78 Å². The van der Waals surface area contributed by atoms with Crippen LogP contribution in [-0.2, 0) is 6.61 Å². The molecule has 0 saturated heterocycles. The van der Waals surface area contributed by atoms with Crippen LogP contribution in [0.3, 0.4) is 0 Å². The number of hydrogen-bond donors (Lipinski definition) is 1. The molecule has 0 amide bonds. The quantitative estimate of drug-likeness (QED) is 0.911. The highest BCUT2D eigenvalue weighted by Crippen LogP contribution is 2.28. The van der Waals surface area contributed by atoms with Gasteiger partial charge in [-0.1, -0.05) is 42.0 Å². The maximum Gasteiger partial charge on any atom is 0.387 e.